The zero-order valence-electron chi connectivity index (χ0n) is 13.2. The van der Waals surface area contributed by atoms with Crippen molar-refractivity contribution in [3.05, 3.63) is 58.3 Å². The summed E-state index contributed by atoms with van der Waals surface area (Å²) in [6.45, 7) is 0.920. The van der Waals surface area contributed by atoms with E-state index in [2.05, 4.69) is 10.3 Å². The Morgan fingerprint density at radius 1 is 1.40 bits per heavy atom. The molecule has 2 aromatic heterocycles. The number of nitrogens with one attached hydrogen (secondary N) is 1. The Balaban J connectivity index is 1.41. The smallest absolute Gasteiger partial charge is 0.271 e. The highest BCUT2D eigenvalue weighted by Crippen LogP contribution is 2.21. The SMILES string of the molecule is O=C(NC1CC(=O)N(Cc2ccccc2Cl)C1)c1cn2ccsc2n1. The molecule has 8 heteroatoms. The van der Waals surface area contributed by atoms with Crippen LogP contribution in [0.15, 0.2) is 42.0 Å². The van der Waals surface area contributed by atoms with Gasteiger partial charge >= 0.3 is 0 Å². The van der Waals surface area contributed by atoms with Crippen LogP contribution in [0.5, 0.6) is 0 Å². The van der Waals surface area contributed by atoms with Crippen molar-refractivity contribution in [2.75, 3.05) is 6.54 Å². The molecule has 3 heterocycles. The first kappa shape index (κ1) is 16.1. The summed E-state index contributed by atoms with van der Waals surface area (Å²) in [4.78, 5) is 31.4. The number of nitrogens with zero attached hydrogens (tertiary/aromatic N) is 3. The van der Waals surface area contributed by atoms with Gasteiger partial charge in [0.05, 0.1) is 6.04 Å². The Morgan fingerprint density at radius 3 is 3.04 bits per heavy atom. The first-order chi connectivity index (χ1) is 12.1. The maximum atomic E-state index is 12.4. The number of amides is 2. The largest absolute Gasteiger partial charge is 0.346 e. The molecular formula is C17H15ClN4O2S. The second-order valence-corrected chi connectivity index (χ2v) is 7.24. The minimum absolute atomic E-state index is 0.0102. The van der Waals surface area contributed by atoms with E-state index in [1.807, 2.05) is 34.2 Å². The van der Waals surface area contributed by atoms with E-state index in [1.54, 1.807) is 17.2 Å². The van der Waals surface area contributed by atoms with E-state index >= 15 is 0 Å². The lowest BCUT2D eigenvalue weighted by Crippen LogP contribution is -2.37. The monoisotopic (exact) mass is 374 g/mol. The standard InChI is InChI=1S/C17H15ClN4O2S/c18-13-4-2-1-3-11(13)8-22-9-12(7-15(22)23)19-16(24)14-10-21-5-6-25-17(21)20-14/h1-6,10,12H,7-9H2,(H,19,24). The molecule has 128 valence electrons. The van der Waals surface area contributed by atoms with Crippen LogP contribution in [-0.2, 0) is 11.3 Å². The van der Waals surface area contributed by atoms with Gasteiger partial charge in [0, 0.05) is 42.3 Å². The highest BCUT2D eigenvalue weighted by Gasteiger charge is 2.31. The van der Waals surface area contributed by atoms with Gasteiger partial charge in [0.2, 0.25) is 5.91 Å². The Bertz CT molecular complexity index is 922. The molecule has 1 unspecified atom stereocenters. The summed E-state index contributed by atoms with van der Waals surface area (Å²) in [5, 5.41) is 5.45. The first-order valence-corrected chi connectivity index (χ1v) is 9.10. The molecule has 1 N–H and O–H groups in total. The fourth-order valence-corrected chi connectivity index (χ4v) is 3.85. The van der Waals surface area contributed by atoms with Crippen molar-refractivity contribution in [2.45, 2.75) is 19.0 Å². The van der Waals surface area contributed by atoms with Crippen molar-refractivity contribution in [3.63, 3.8) is 0 Å². The van der Waals surface area contributed by atoms with Crippen LogP contribution in [0.25, 0.3) is 4.96 Å². The highest BCUT2D eigenvalue weighted by molar-refractivity contribution is 7.15. The number of hydrogen-bond acceptors (Lipinski definition) is 4. The van der Waals surface area contributed by atoms with Crippen molar-refractivity contribution < 1.29 is 9.59 Å². The average molecular weight is 375 g/mol. The van der Waals surface area contributed by atoms with Crippen molar-refractivity contribution in [1.82, 2.24) is 19.6 Å². The van der Waals surface area contributed by atoms with Crippen LogP contribution in [0.4, 0.5) is 0 Å². The Morgan fingerprint density at radius 2 is 2.24 bits per heavy atom. The summed E-state index contributed by atoms with van der Waals surface area (Å²) < 4.78 is 1.81. The topological polar surface area (TPSA) is 66.7 Å². The number of benzene rings is 1. The summed E-state index contributed by atoms with van der Waals surface area (Å²) in [6.07, 6.45) is 3.84. The van der Waals surface area contributed by atoms with Crippen molar-refractivity contribution in [1.29, 1.82) is 0 Å². The predicted octanol–water partition coefficient (Wildman–Crippen LogP) is 2.58. The highest BCUT2D eigenvalue weighted by atomic mass is 35.5. The minimum Gasteiger partial charge on any atom is -0.346 e. The number of fused-ring (bicyclic) bond motifs is 1. The number of aromatic nitrogens is 2. The molecule has 6 nitrogen and oxygen atoms in total. The Hall–Kier alpha value is -2.38. The number of carbonyl (C=O) groups excluding carboxylic acids is 2. The molecule has 3 aromatic rings. The molecule has 1 atom stereocenters. The van der Waals surface area contributed by atoms with Gasteiger partial charge in [0.15, 0.2) is 4.96 Å². The number of likely N-dealkylation sites (tertiary alicyclic amines) is 1. The summed E-state index contributed by atoms with van der Waals surface area (Å²) in [5.41, 5.74) is 1.27. The van der Waals surface area contributed by atoms with E-state index in [4.69, 9.17) is 11.6 Å². The molecule has 1 fully saturated rings. The summed E-state index contributed by atoms with van der Waals surface area (Å²) >= 11 is 7.63. The third kappa shape index (κ3) is 3.25. The van der Waals surface area contributed by atoms with Crippen LogP contribution in [0.1, 0.15) is 22.5 Å². The lowest BCUT2D eigenvalue weighted by atomic mass is 10.2. The molecule has 1 saturated heterocycles. The number of hydrogen-bond donors (Lipinski definition) is 1. The summed E-state index contributed by atoms with van der Waals surface area (Å²) in [7, 11) is 0. The van der Waals surface area contributed by atoms with E-state index in [0.717, 1.165) is 10.5 Å². The molecule has 0 bridgehead atoms. The van der Waals surface area contributed by atoms with Crippen LogP contribution in [0.3, 0.4) is 0 Å². The van der Waals surface area contributed by atoms with Crippen molar-refractivity contribution in [2.24, 2.45) is 0 Å². The molecular weight excluding hydrogens is 360 g/mol. The normalized spacial score (nSPS) is 17.4. The first-order valence-electron chi connectivity index (χ1n) is 7.84. The van der Waals surface area contributed by atoms with Gasteiger partial charge in [0.25, 0.3) is 5.91 Å². The van der Waals surface area contributed by atoms with E-state index in [1.165, 1.54) is 11.3 Å². The van der Waals surface area contributed by atoms with Gasteiger partial charge in [-0.15, -0.1) is 11.3 Å². The van der Waals surface area contributed by atoms with Crippen molar-refractivity contribution in [3.8, 4) is 0 Å². The van der Waals surface area contributed by atoms with Gasteiger partial charge in [0.1, 0.15) is 5.69 Å². The zero-order chi connectivity index (χ0) is 17.4. The number of rotatable bonds is 4. The predicted molar refractivity (Wildman–Crippen MR) is 95.8 cm³/mol. The molecule has 0 radical (unpaired) electrons. The van der Waals surface area contributed by atoms with Crippen LogP contribution in [0, 0.1) is 0 Å². The van der Waals surface area contributed by atoms with Gasteiger partial charge in [-0.25, -0.2) is 4.98 Å². The summed E-state index contributed by atoms with van der Waals surface area (Å²) in [6, 6.07) is 7.24. The van der Waals surface area contributed by atoms with Crippen LogP contribution < -0.4 is 5.32 Å². The minimum atomic E-state index is -0.256. The van der Waals surface area contributed by atoms with E-state index in [9.17, 15) is 9.59 Å². The molecule has 1 aromatic carbocycles. The third-order valence-corrected chi connectivity index (χ3v) is 5.33. The lowest BCUT2D eigenvalue weighted by molar-refractivity contribution is -0.128. The summed E-state index contributed by atoms with van der Waals surface area (Å²) in [5.74, 6) is -0.246. The van der Waals surface area contributed by atoms with Gasteiger partial charge in [-0.05, 0) is 11.6 Å². The quantitative estimate of drug-likeness (QED) is 0.763. The van der Waals surface area contributed by atoms with Gasteiger partial charge in [-0.3, -0.25) is 14.0 Å². The number of carbonyl (C=O) groups is 2. The number of halogens is 1. The molecule has 0 aliphatic carbocycles. The lowest BCUT2D eigenvalue weighted by Gasteiger charge is -2.17. The maximum absolute atomic E-state index is 12.4. The van der Waals surface area contributed by atoms with Crippen LogP contribution in [-0.4, -0.2) is 38.7 Å². The second-order valence-electron chi connectivity index (χ2n) is 5.96. The van der Waals surface area contributed by atoms with Gasteiger partial charge in [-0.1, -0.05) is 29.8 Å². The van der Waals surface area contributed by atoms with E-state index in [-0.39, 0.29) is 17.9 Å². The number of thiazole rings is 1. The third-order valence-electron chi connectivity index (χ3n) is 4.19. The van der Waals surface area contributed by atoms with E-state index in [0.29, 0.717) is 30.2 Å². The molecule has 2 amide bonds. The molecule has 4 rings (SSSR count). The van der Waals surface area contributed by atoms with Crippen LogP contribution >= 0.6 is 22.9 Å². The molecule has 1 aliphatic rings. The van der Waals surface area contributed by atoms with Crippen molar-refractivity contribution >= 4 is 39.7 Å². The number of imidazole rings is 1. The van der Waals surface area contributed by atoms with Crippen LogP contribution in [0.2, 0.25) is 5.02 Å². The molecule has 1 aliphatic heterocycles. The van der Waals surface area contributed by atoms with E-state index < -0.39 is 0 Å². The van der Waals surface area contributed by atoms with Gasteiger partial charge < -0.3 is 10.2 Å². The molecule has 25 heavy (non-hydrogen) atoms. The fourth-order valence-electron chi connectivity index (χ4n) is 2.95. The Kier molecular flexibility index (Phi) is 4.19. The second kappa shape index (κ2) is 6.50. The molecule has 0 spiro atoms. The average Bonchev–Trinajstić information content (AvgIpc) is 3.25. The van der Waals surface area contributed by atoms with Gasteiger partial charge in [-0.2, -0.15) is 0 Å². The Labute approximate surface area is 153 Å². The maximum Gasteiger partial charge on any atom is 0.271 e. The fraction of sp³-hybridized carbons (Fsp3) is 0.235. The molecule has 0 saturated carbocycles. The zero-order valence-corrected chi connectivity index (χ0v) is 14.8.